The van der Waals surface area contributed by atoms with Gasteiger partial charge in [-0.3, -0.25) is 0 Å². The van der Waals surface area contributed by atoms with Crippen LogP contribution in [0.4, 0.5) is 9.59 Å². The van der Waals surface area contributed by atoms with Crippen molar-refractivity contribution in [2.24, 2.45) is 0 Å². The lowest BCUT2D eigenvalue weighted by Crippen LogP contribution is -2.53. The number of alkyl carbamates (subject to hydrolysis) is 2. The number of hydrogen-bond donors (Lipinski definition) is 2. The van der Waals surface area contributed by atoms with Gasteiger partial charge in [0, 0.05) is 0 Å². The molecule has 0 unspecified atom stereocenters. The molecular formula is C32H62N2O4. The number of carbonyl (C=O) groups excluding carboxylic acids is 2. The van der Waals surface area contributed by atoms with Crippen molar-refractivity contribution in [3.63, 3.8) is 0 Å². The Labute approximate surface area is 235 Å². The molecule has 0 heterocycles. The van der Waals surface area contributed by atoms with Crippen LogP contribution in [0.5, 0.6) is 0 Å². The number of hydrogen-bond acceptors (Lipinski definition) is 4. The van der Waals surface area contributed by atoms with Crippen LogP contribution >= 0.6 is 0 Å². The Balaban J connectivity index is 2.04. The normalized spacial score (nSPS) is 17.2. The first-order chi connectivity index (χ1) is 18.7. The van der Waals surface area contributed by atoms with Gasteiger partial charge in [-0.1, -0.05) is 142 Å². The molecule has 0 aromatic carbocycles. The van der Waals surface area contributed by atoms with Gasteiger partial charge in [0.05, 0.1) is 25.3 Å². The van der Waals surface area contributed by atoms with E-state index in [1.165, 1.54) is 103 Å². The van der Waals surface area contributed by atoms with Crippen molar-refractivity contribution in [3.05, 3.63) is 0 Å². The van der Waals surface area contributed by atoms with Crippen LogP contribution in [0.2, 0.25) is 0 Å². The number of ether oxygens (including phenoxy) is 2. The lowest BCUT2D eigenvalue weighted by atomic mass is 9.90. The largest absolute Gasteiger partial charge is 0.450 e. The Morgan fingerprint density at radius 2 is 0.789 bits per heavy atom. The molecular weight excluding hydrogens is 476 g/mol. The van der Waals surface area contributed by atoms with E-state index in [1.54, 1.807) is 0 Å². The molecule has 38 heavy (non-hydrogen) atoms. The molecule has 1 fully saturated rings. The minimum absolute atomic E-state index is 0.0890. The third kappa shape index (κ3) is 20.5. The van der Waals surface area contributed by atoms with Crippen molar-refractivity contribution < 1.29 is 19.1 Å². The molecule has 2 atom stereocenters. The summed E-state index contributed by atoms with van der Waals surface area (Å²) >= 11 is 0. The van der Waals surface area contributed by atoms with Crippen LogP contribution in [0.15, 0.2) is 0 Å². The van der Waals surface area contributed by atoms with Gasteiger partial charge in [0.15, 0.2) is 0 Å². The molecule has 1 aliphatic carbocycles. The fraction of sp³-hybridized carbons (Fsp3) is 0.938. The van der Waals surface area contributed by atoms with E-state index < -0.39 is 0 Å². The molecule has 1 aliphatic rings. The van der Waals surface area contributed by atoms with Crippen LogP contribution in [0.25, 0.3) is 0 Å². The van der Waals surface area contributed by atoms with Gasteiger partial charge in [0.2, 0.25) is 0 Å². The smallest absolute Gasteiger partial charge is 0.407 e. The molecule has 0 saturated heterocycles. The van der Waals surface area contributed by atoms with Crippen LogP contribution < -0.4 is 10.6 Å². The highest BCUT2D eigenvalue weighted by Gasteiger charge is 2.28. The summed E-state index contributed by atoms with van der Waals surface area (Å²) in [5.74, 6) is 0. The second-order valence-corrected chi connectivity index (χ2v) is 11.4. The zero-order valence-corrected chi connectivity index (χ0v) is 25.2. The molecule has 0 aromatic rings. The SMILES string of the molecule is CCCCCCCCCCCCOC(=O)N[C@@H]1CCCC[C@H]1NC(=O)OCCCCCCCCCCCC. The Hall–Kier alpha value is -1.46. The molecule has 6 heteroatoms. The second-order valence-electron chi connectivity index (χ2n) is 11.4. The predicted molar refractivity (Wildman–Crippen MR) is 159 cm³/mol. The summed E-state index contributed by atoms with van der Waals surface area (Å²) in [7, 11) is 0. The van der Waals surface area contributed by atoms with Crippen LogP contribution in [0.3, 0.4) is 0 Å². The first-order valence-electron chi connectivity index (χ1n) is 16.5. The van der Waals surface area contributed by atoms with Crippen molar-refractivity contribution in [1.29, 1.82) is 0 Å². The van der Waals surface area contributed by atoms with E-state index >= 15 is 0 Å². The fourth-order valence-corrected chi connectivity index (χ4v) is 5.37. The molecule has 2 amide bonds. The summed E-state index contributed by atoms with van der Waals surface area (Å²) in [4.78, 5) is 24.6. The van der Waals surface area contributed by atoms with E-state index in [0.717, 1.165) is 51.4 Å². The minimum Gasteiger partial charge on any atom is -0.450 e. The number of amides is 2. The molecule has 2 N–H and O–H groups in total. The number of carbonyl (C=O) groups is 2. The summed E-state index contributed by atoms with van der Waals surface area (Å²) in [6, 6.07) is -0.178. The monoisotopic (exact) mass is 538 g/mol. The van der Waals surface area contributed by atoms with Crippen molar-refractivity contribution in [1.82, 2.24) is 10.6 Å². The Morgan fingerprint density at radius 1 is 0.500 bits per heavy atom. The molecule has 0 spiro atoms. The molecule has 6 nitrogen and oxygen atoms in total. The van der Waals surface area contributed by atoms with Crippen molar-refractivity contribution >= 4 is 12.2 Å². The summed E-state index contributed by atoms with van der Waals surface area (Å²) in [6.07, 6.45) is 28.3. The van der Waals surface area contributed by atoms with Gasteiger partial charge in [0.1, 0.15) is 0 Å². The first-order valence-corrected chi connectivity index (χ1v) is 16.5. The average Bonchev–Trinajstić information content (AvgIpc) is 2.91. The van der Waals surface area contributed by atoms with Crippen molar-refractivity contribution in [3.8, 4) is 0 Å². The maximum Gasteiger partial charge on any atom is 0.407 e. The molecule has 224 valence electrons. The van der Waals surface area contributed by atoms with E-state index in [-0.39, 0.29) is 24.3 Å². The Kier molecular flexibility index (Phi) is 23.5. The zero-order valence-electron chi connectivity index (χ0n) is 25.2. The number of nitrogens with one attached hydrogen (secondary N) is 2. The van der Waals surface area contributed by atoms with Crippen LogP contribution in [0.1, 0.15) is 168 Å². The van der Waals surface area contributed by atoms with Gasteiger partial charge >= 0.3 is 12.2 Å². The van der Waals surface area contributed by atoms with E-state index in [9.17, 15) is 9.59 Å². The molecule has 0 bridgehead atoms. The topological polar surface area (TPSA) is 76.7 Å². The third-order valence-electron chi connectivity index (χ3n) is 7.83. The quantitative estimate of drug-likeness (QED) is 0.120. The van der Waals surface area contributed by atoms with E-state index in [1.807, 2.05) is 0 Å². The van der Waals surface area contributed by atoms with E-state index in [0.29, 0.717) is 13.2 Å². The van der Waals surface area contributed by atoms with Crippen molar-refractivity contribution in [2.45, 2.75) is 180 Å². The third-order valence-corrected chi connectivity index (χ3v) is 7.83. The summed E-state index contributed by atoms with van der Waals surface area (Å²) in [6.45, 7) is 5.44. The highest BCUT2D eigenvalue weighted by Crippen LogP contribution is 2.19. The average molecular weight is 539 g/mol. The highest BCUT2D eigenvalue weighted by molar-refractivity contribution is 5.69. The Bertz CT molecular complexity index is 510. The molecule has 0 radical (unpaired) electrons. The van der Waals surface area contributed by atoms with Gasteiger partial charge in [-0.15, -0.1) is 0 Å². The van der Waals surface area contributed by atoms with Gasteiger partial charge < -0.3 is 20.1 Å². The first kappa shape index (κ1) is 34.6. The molecule has 1 saturated carbocycles. The number of rotatable bonds is 24. The van der Waals surface area contributed by atoms with Gasteiger partial charge in [-0.25, -0.2) is 9.59 Å². The summed E-state index contributed by atoms with van der Waals surface area (Å²) < 4.78 is 10.8. The maximum absolute atomic E-state index is 12.3. The summed E-state index contributed by atoms with van der Waals surface area (Å²) in [5, 5.41) is 5.98. The lowest BCUT2D eigenvalue weighted by molar-refractivity contribution is 0.122. The maximum atomic E-state index is 12.3. The predicted octanol–water partition coefficient (Wildman–Crippen LogP) is 9.59. The van der Waals surface area contributed by atoms with Gasteiger partial charge in [-0.05, 0) is 25.7 Å². The summed E-state index contributed by atoms with van der Waals surface area (Å²) in [5.41, 5.74) is 0. The lowest BCUT2D eigenvalue weighted by Gasteiger charge is -2.32. The van der Waals surface area contributed by atoms with Gasteiger partial charge in [0.25, 0.3) is 0 Å². The van der Waals surface area contributed by atoms with Crippen LogP contribution in [-0.2, 0) is 9.47 Å². The molecule has 1 rings (SSSR count). The molecule has 0 aliphatic heterocycles. The van der Waals surface area contributed by atoms with E-state index in [2.05, 4.69) is 24.5 Å². The molecule has 0 aromatic heterocycles. The van der Waals surface area contributed by atoms with Crippen LogP contribution in [-0.4, -0.2) is 37.5 Å². The standard InChI is InChI=1S/C32H62N2O4/c1-3-5-7-9-11-13-15-17-19-23-27-37-31(35)33-29-25-21-22-26-30(29)34-32(36)38-28-24-20-18-16-14-12-10-8-6-4-2/h29-30H,3-28H2,1-2H3,(H,33,35)(H,34,36)/t29-,30-/m1/s1. The van der Waals surface area contributed by atoms with Crippen molar-refractivity contribution in [2.75, 3.05) is 13.2 Å². The zero-order chi connectivity index (χ0) is 27.5. The second kappa shape index (κ2) is 25.8. The Morgan fingerprint density at radius 3 is 1.11 bits per heavy atom. The van der Waals surface area contributed by atoms with Crippen LogP contribution in [0, 0.1) is 0 Å². The van der Waals surface area contributed by atoms with E-state index in [4.69, 9.17) is 9.47 Å². The highest BCUT2D eigenvalue weighted by atomic mass is 16.6. The number of unbranched alkanes of at least 4 members (excludes halogenated alkanes) is 18. The fourth-order valence-electron chi connectivity index (χ4n) is 5.37. The minimum atomic E-state index is -0.363. The van der Waals surface area contributed by atoms with Gasteiger partial charge in [-0.2, -0.15) is 0 Å².